The van der Waals surface area contributed by atoms with Gasteiger partial charge in [-0.2, -0.15) is 0 Å². The van der Waals surface area contributed by atoms with E-state index in [1.54, 1.807) is 6.92 Å². The van der Waals surface area contributed by atoms with Crippen molar-refractivity contribution in [1.82, 2.24) is 10.2 Å². The zero-order valence-electron chi connectivity index (χ0n) is 11.1. The van der Waals surface area contributed by atoms with Crippen molar-refractivity contribution < 1.29 is 19.5 Å². The molecule has 1 rings (SSSR count). The van der Waals surface area contributed by atoms with E-state index in [1.165, 1.54) is 0 Å². The lowest BCUT2D eigenvalue weighted by Crippen LogP contribution is -2.47. The summed E-state index contributed by atoms with van der Waals surface area (Å²) in [5.74, 6) is -1.98. The average molecular weight is 279 g/mol. The van der Waals surface area contributed by atoms with Crippen molar-refractivity contribution in [2.24, 2.45) is 5.73 Å². The summed E-state index contributed by atoms with van der Waals surface area (Å²) in [6.07, 6.45) is 0. The zero-order valence-corrected chi connectivity index (χ0v) is 11.1. The van der Waals surface area contributed by atoms with Gasteiger partial charge in [0.15, 0.2) is 0 Å². The Balaban J connectivity index is 2.70. The van der Waals surface area contributed by atoms with Gasteiger partial charge in [-0.3, -0.25) is 9.59 Å². The van der Waals surface area contributed by atoms with Crippen LogP contribution in [0.3, 0.4) is 0 Å². The Kier molecular flexibility index (Phi) is 5.52. The van der Waals surface area contributed by atoms with Gasteiger partial charge in [0.25, 0.3) is 0 Å². The Hall–Kier alpha value is -2.57. The van der Waals surface area contributed by atoms with E-state index in [2.05, 4.69) is 5.32 Å². The van der Waals surface area contributed by atoms with Crippen LogP contribution >= 0.6 is 0 Å². The minimum atomic E-state index is -1.21. The number of carbonyl (C=O) groups is 3. The monoisotopic (exact) mass is 279 g/mol. The number of primary amides is 1. The van der Waals surface area contributed by atoms with Crippen molar-refractivity contribution in [3.8, 4) is 0 Å². The van der Waals surface area contributed by atoms with E-state index in [0.29, 0.717) is 0 Å². The average Bonchev–Trinajstić information content (AvgIpc) is 2.37. The molecule has 0 aliphatic heterocycles. The fourth-order valence-corrected chi connectivity index (χ4v) is 1.65. The van der Waals surface area contributed by atoms with Gasteiger partial charge in [0, 0.05) is 0 Å². The molecule has 0 heterocycles. The highest BCUT2D eigenvalue weighted by Crippen LogP contribution is 2.11. The number of carbonyl (C=O) groups excluding carboxylic acids is 2. The number of carboxylic acids is 1. The molecular weight excluding hydrogens is 262 g/mol. The molecule has 3 amide bonds. The molecule has 1 atom stereocenters. The number of urea groups is 1. The zero-order chi connectivity index (χ0) is 15.1. The van der Waals surface area contributed by atoms with Crippen LogP contribution in [0.15, 0.2) is 30.3 Å². The van der Waals surface area contributed by atoms with Gasteiger partial charge in [-0.1, -0.05) is 30.3 Å². The first kappa shape index (κ1) is 15.5. The maximum absolute atomic E-state index is 11.9. The van der Waals surface area contributed by atoms with Crippen LogP contribution in [0, 0.1) is 0 Å². The van der Waals surface area contributed by atoms with Gasteiger partial charge < -0.3 is 21.1 Å². The SMILES string of the molecule is CC(NC(=O)N(CC(N)=O)CC(=O)O)c1ccccc1. The number of aliphatic carboxylic acids is 1. The van der Waals surface area contributed by atoms with E-state index < -0.39 is 31.0 Å². The molecule has 0 fully saturated rings. The summed E-state index contributed by atoms with van der Waals surface area (Å²) in [6, 6.07) is 8.21. The summed E-state index contributed by atoms with van der Waals surface area (Å²) in [6.45, 7) is 0.729. The molecule has 0 spiro atoms. The summed E-state index contributed by atoms with van der Waals surface area (Å²) in [7, 11) is 0. The largest absolute Gasteiger partial charge is 0.480 e. The molecule has 0 saturated carbocycles. The van der Waals surface area contributed by atoms with Gasteiger partial charge in [0.05, 0.1) is 6.04 Å². The van der Waals surface area contributed by atoms with Crippen molar-refractivity contribution >= 4 is 17.9 Å². The quantitative estimate of drug-likeness (QED) is 0.696. The highest BCUT2D eigenvalue weighted by atomic mass is 16.4. The van der Waals surface area contributed by atoms with Crippen LogP contribution in [0.5, 0.6) is 0 Å². The van der Waals surface area contributed by atoms with Gasteiger partial charge in [0.1, 0.15) is 13.1 Å². The number of hydrogen-bond acceptors (Lipinski definition) is 3. The fourth-order valence-electron chi connectivity index (χ4n) is 1.65. The van der Waals surface area contributed by atoms with Gasteiger partial charge in [-0.25, -0.2) is 4.79 Å². The highest BCUT2D eigenvalue weighted by molar-refractivity contribution is 5.86. The van der Waals surface area contributed by atoms with E-state index in [1.807, 2.05) is 30.3 Å². The molecule has 0 radical (unpaired) electrons. The number of hydrogen-bond donors (Lipinski definition) is 3. The molecule has 0 saturated heterocycles. The van der Waals surface area contributed by atoms with Gasteiger partial charge in [-0.15, -0.1) is 0 Å². The first-order valence-electron chi connectivity index (χ1n) is 6.00. The third-order valence-corrected chi connectivity index (χ3v) is 2.60. The first-order chi connectivity index (χ1) is 9.40. The van der Waals surface area contributed by atoms with E-state index in [9.17, 15) is 14.4 Å². The number of nitrogens with zero attached hydrogens (tertiary/aromatic N) is 1. The second kappa shape index (κ2) is 7.13. The number of nitrogens with two attached hydrogens (primary N) is 1. The third-order valence-electron chi connectivity index (χ3n) is 2.60. The topological polar surface area (TPSA) is 113 Å². The third kappa shape index (κ3) is 4.97. The maximum Gasteiger partial charge on any atom is 0.323 e. The van der Waals surface area contributed by atoms with E-state index in [0.717, 1.165) is 10.5 Å². The first-order valence-corrected chi connectivity index (χ1v) is 6.00. The van der Waals surface area contributed by atoms with Crippen LogP contribution in [0.4, 0.5) is 4.79 Å². The number of rotatable bonds is 6. The predicted octanol–water partition coefficient (Wildman–Crippen LogP) is 0.329. The molecule has 4 N–H and O–H groups in total. The molecule has 0 aliphatic carbocycles. The van der Waals surface area contributed by atoms with Crippen molar-refractivity contribution in [1.29, 1.82) is 0 Å². The Morgan fingerprint density at radius 2 is 1.85 bits per heavy atom. The Labute approximate surface area is 116 Å². The standard InChI is InChI=1S/C13H17N3O4/c1-9(10-5-3-2-4-6-10)15-13(20)16(7-11(14)17)8-12(18)19/h2-6,9H,7-8H2,1H3,(H2,14,17)(H,15,20)(H,18,19). The molecule has 108 valence electrons. The van der Waals surface area contributed by atoms with Crippen molar-refractivity contribution in [3.63, 3.8) is 0 Å². The molecule has 1 unspecified atom stereocenters. The summed E-state index contributed by atoms with van der Waals surface area (Å²) in [4.78, 5) is 34.3. The summed E-state index contributed by atoms with van der Waals surface area (Å²) >= 11 is 0. The minimum Gasteiger partial charge on any atom is -0.480 e. The molecule has 0 aliphatic rings. The lowest BCUT2D eigenvalue weighted by atomic mass is 10.1. The molecule has 7 nitrogen and oxygen atoms in total. The summed E-state index contributed by atoms with van der Waals surface area (Å²) < 4.78 is 0. The fraction of sp³-hybridized carbons (Fsp3) is 0.308. The second-order valence-electron chi connectivity index (χ2n) is 4.30. The summed E-state index contributed by atoms with van der Waals surface area (Å²) in [5.41, 5.74) is 5.87. The van der Waals surface area contributed by atoms with E-state index in [-0.39, 0.29) is 6.04 Å². The molecule has 0 bridgehead atoms. The van der Waals surface area contributed by atoms with E-state index >= 15 is 0 Å². The Morgan fingerprint density at radius 1 is 1.25 bits per heavy atom. The molecule has 7 heteroatoms. The smallest absolute Gasteiger partial charge is 0.323 e. The van der Waals surface area contributed by atoms with Crippen LogP contribution < -0.4 is 11.1 Å². The lowest BCUT2D eigenvalue weighted by molar-refractivity contribution is -0.137. The second-order valence-corrected chi connectivity index (χ2v) is 4.30. The Bertz CT molecular complexity index is 474. The van der Waals surface area contributed by atoms with Crippen molar-refractivity contribution in [2.45, 2.75) is 13.0 Å². The highest BCUT2D eigenvalue weighted by Gasteiger charge is 2.20. The predicted molar refractivity (Wildman–Crippen MR) is 71.8 cm³/mol. The van der Waals surface area contributed by atoms with Gasteiger partial charge >= 0.3 is 12.0 Å². The Morgan fingerprint density at radius 3 is 2.35 bits per heavy atom. The molecule has 0 aromatic heterocycles. The lowest BCUT2D eigenvalue weighted by Gasteiger charge is -2.22. The van der Waals surface area contributed by atoms with Crippen LogP contribution in [0.2, 0.25) is 0 Å². The molecule has 1 aromatic rings. The van der Waals surface area contributed by atoms with Crippen molar-refractivity contribution in [2.75, 3.05) is 13.1 Å². The molecular formula is C13H17N3O4. The number of benzene rings is 1. The van der Waals surface area contributed by atoms with Crippen LogP contribution in [-0.4, -0.2) is 41.0 Å². The maximum atomic E-state index is 11.9. The van der Waals surface area contributed by atoms with Crippen molar-refractivity contribution in [3.05, 3.63) is 35.9 Å². The van der Waals surface area contributed by atoms with Gasteiger partial charge in [0.2, 0.25) is 5.91 Å². The number of carboxylic acid groups (broad SMARTS) is 1. The van der Waals surface area contributed by atoms with Crippen LogP contribution in [0.1, 0.15) is 18.5 Å². The normalized spacial score (nSPS) is 11.4. The minimum absolute atomic E-state index is 0.312. The number of amides is 3. The van der Waals surface area contributed by atoms with Gasteiger partial charge in [-0.05, 0) is 12.5 Å². The molecule has 20 heavy (non-hydrogen) atoms. The molecule has 1 aromatic carbocycles. The van der Waals surface area contributed by atoms with E-state index in [4.69, 9.17) is 10.8 Å². The van der Waals surface area contributed by atoms with Crippen LogP contribution in [-0.2, 0) is 9.59 Å². The van der Waals surface area contributed by atoms with Crippen LogP contribution in [0.25, 0.3) is 0 Å². The summed E-state index contributed by atoms with van der Waals surface area (Å²) in [5, 5.41) is 11.3. The number of nitrogens with one attached hydrogen (secondary N) is 1.